The first kappa shape index (κ1) is 13.6. The summed E-state index contributed by atoms with van der Waals surface area (Å²) in [7, 11) is 1.64. The Morgan fingerprint density at radius 1 is 1.11 bits per heavy atom. The van der Waals surface area contributed by atoms with Gasteiger partial charge in [0, 0.05) is 23.4 Å². The summed E-state index contributed by atoms with van der Waals surface area (Å²) in [4.78, 5) is 12.0. The second kappa shape index (κ2) is 6.36. The van der Waals surface area contributed by atoms with Crippen molar-refractivity contribution in [3.05, 3.63) is 64.7 Å². The number of carbonyl (C=O) groups is 1. The van der Waals surface area contributed by atoms with Gasteiger partial charge >= 0.3 is 0 Å². The molecule has 0 bridgehead atoms. The Labute approximate surface area is 117 Å². The molecule has 0 spiro atoms. The van der Waals surface area contributed by atoms with Crippen molar-refractivity contribution in [2.45, 2.75) is 6.61 Å². The normalized spacial score (nSPS) is 10.2. The van der Waals surface area contributed by atoms with Crippen LogP contribution in [0.3, 0.4) is 0 Å². The number of anilines is 1. The number of methoxy groups -OCH3 is 1. The van der Waals surface area contributed by atoms with Crippen molar-refractivity contribution in [3.8, 4) is 0 Å². The highest BCUT2D eigenvalue weighted by atomic mass is 35.5. The molecule has 1 amide bonds. The van der Waals surface area contributed by atoms with E-state index in [1.54, 1.807) is 43.5 Å². The summed E-state index contributed by atoms with van der Waals surface area (Å²) in [5.74, 6) is -0.147. The Bertz CT molecular complexity index is 549. The molecule has 2 aromatic carbocycles. The molecule has 98 valence electrons. The number of hydrogen-bond acceptors (Lipinski definition) is 2. The molecule has 0 fully saturated rings. The van der Waals surface area contributed by atoms with Gasteiger partial charge in [0.15, 0.2) is 0 Å². The van der Waals surface area contributed by atoms with Crippen molar-refractivity contribution < 1.29 is 9.53 Å². The zero-order valence-corrected chi connectivity index (χ0v) is 11.3. The molecule has 2 aromatic rings. The highest BCUT2D eigenvalue weighted by Crippen LogP contribution is 2.14. The fraction of sp³-hybridized carbons (Fsp3) is 0.133. The van der Waals surface area contributed by atoms with Gasteiger partial charge in [-0.1, -0.05) is 23.7 Å². The topological polar surface area (TPSA) is 38.3 Å². The Morgan fingerprint density at radius 2 is 1.74 bits per heavy atom. The van der Waals surface area contributed by atoms with Gasteiger partial charge in [-0.05, 0) is 42.0 Å². The van der Waals surface area contributed by atoms with E-state index < -0.39 is 0 Å². The summed E-state index contributed by atoms with van der Waals surface area (Å²) >= 11 is 5.79. The van der Waals surface area contributed by atoms with E-state index >= 15 is 0 Å². The standard InChI is InChI=1S/C15H14ClNO2/c1-19-10-11-2-4-12(5-3-11)15(18)17-14-8-6-13(16)7-9-14/h2-9H,10H2,1H3,(H,17,18). The van der Waals surface area contributed by atoms with Crippen molar-refractivity contribution in [1.82, 2.24) is 0 Å². The lowest BCUT2D eigenvalue weighted by molar-refractivity contribution is 0.102. The third-order valence-corrected chi connectivity index (χ3v) is 2.88. The van der Waals surface area contributed by atoms with E-state index in [-0.39, 0.29) is 5.91 Å². The number of nitrogens with one attached hydrogen (secondary N) is 1. The van der Waals surface area contributed by atoms with Crippen molar-refractivity contribution in [2.24, 2.45) is 0 Å². The van der Waals surface area contributed by atoms with Crippen LogP contribution < -0.4 is 5.32 Å². The fourth-order valence-corrected chi connectivity index (χ4v) is 1.78. The van der Waals surface area contributed by atoms with Gasteiger partial charge in [-0.25, -0.2) is 0 Å². The molecule has 0 aromatic heterocycles. The quantitative estimate of drug-likeness (QED) is 0.923. The van der Waals surface area contributed by atoms with Crippen LogP contribution in [0.25, 0.3) is 0 Å². The van der Waals surface area contributed by atoms with E-state index in [1.165, 1.54) is 0 Å². The third-order valence-electron chi connectivity index (χ3n) is 2.63. The van der Waals surface area contributed by atoms with Crippen LogP contribution in [0.4, 0.5) is 5.69 Å². The maximum Gasteiger partial charge on any atom is 0.255 e. The molecule has 0 saturated carbocycles. The van der Waals surface area contributed by atoms with E-state index in [9.17, 15) is 4.79 Å². The van der Waals surface area contributed by atoms with Gasteiger partial charge in [0.2, 0.25) is 0 Å². The van der Waals surface area contributed by atoms with E-state index in [2.05, 4.69) is 5.32 Å². The summed E-state index contributed by atoms with van der Waals surface area (Å²) in [6.45, 7) is 0.541. The Morgan fingerprint density at radius 3 is 2.32 bits per heavy atom. The van der Waals surface area contributed by atoms with Crippen LogP contribution in [0.5, 0.6) is 0 Å². The molecule has 19 heavy (non-hydrogen) atoms. The molecule has 3 nitrogen and oxygen atoms in total. The lowest BCUT2D eigenvalue weighted by atomic mass is 10.1. The highest BCUT2D eigenvalue weighted by molar-refractivity contribution is 6.30. The zero-order valence-electron chi connectivity index (χ0n) is 10.5. The van der Waals surface area contributed by atoms with Crippen LogP contribution in [-0.2, 0) is 11.3 Å². The maximum atomic E-state index is 12.0. The monoisotopic (exact) mass is 275 g/mol. The number of benzene rings is 2. The lowest BCUT2D eigenvalue weighted by Crippen LogP contribution is -2.11. The summed E-state index contributed by atoms with van der Waals surface area (Å²) < 4.78 is 5.02. The first-order chi connectivity index (χ1) is 9.19. The SMILES string of the molecule is COCc1ccc(C(=O)Nc2ccc(Cl)cc2)cc1. The van der Waals surface area contributed by atoms with Crippen LogP contribution in [0.15, 0.2) is 48.5 Å². The van der Waals surface area contributed by atoms with Crippen molar-refractivity contribution >= 4 is 23.2 Å². The van der Waals surface area contributed by atoms with Crippen LogP contribution in [0.2, 0.25) is 5.02 Å². The number of amides is 1. The van der Waals surface area contributed by atoms with Crippen LogP contribution >= 0.6 is 11.6 Å². The Balaban J connectivity index is 2.05. The second-order valence-electron chi connectivity index (χ2n) is 4.09. The largest absolute Gasteiger partial charge is 0.380 e. The molecular formula is C15H14ClNO2. The van der Waals surface area contributed by atoms with Gasteiger partial charge < -0.3 is 10.1 Å². The van der Waals surface area contributed by atoms with E-state index in [0.29, 0.717) is 17.2 Å². The predicted octanol–water partition coefficient (Wildman–Crippen LogP) is 3.74. The lowest BCUT2D eigenvalue weighted by Gasteiger charge is -2.06. The van der Waals surface area contributed by atoms with Crippen LogP contribution in [-0.4, -0.2) is 13.0 Å². The Hall–Kier alpha value is -1.84. The molecule has 0 saturated heterocycles. The van der Waals surface area contributed by atoms with Crippen LogP contribution in [0.1, 0.15) is 15.9 Å². The molecule has 4 heteroatoms. The summed E-state index contributed by atoms with van der Waals surface area (Å²) in [6, 6.07) is 14.3. The zero-order chi connectivity index (χ0) is 13.7. The van der Waals surface area contributed by atoms with Crippen LogP contribution in [0, 0.1) is 0 Å². The fourth-order valence-electron chi connectivity index (χ4n) is 1.66. The van der Waals surface area contributed by atoms with Gasteiger partial charge in [-0.15, -0.1) is 0 Å². The molecule has 2 rings (SSSR count). The molecule has 0 unspecified atom stereocenters. The number of hydrogen-bond donors (Lipinski definition) is 1. The molecule has 0 aliphatic carbocycles. The number of rotatable bonds is 4. The first-order valence-electron chi connectivity index (χ1n) is 5.84. The minimum Gasteiger partial charge on any atom is -0.380 e. The minimum absolute atomic E-state index is 0.147. The van der Waals surface area contributed by atoms with E-state index in [1.807, 2.05) is 12.1 Å². The van der Waals surface area contributed by atoms with Gasteiger partial charge in [0.1, 0.15) is 0 Å². The average molecular weight is 276 g/mol. The van der Waals surface area contributed by atoms with Crippen molar-refractivity contribution in [1.29, 1.82) is 0 Å². The number of ether oxygens (including phenoxy) is 1. The molecule has 0 aliphatic heterocycles. The average Bonchev–Trinajstić information content (AvgIpc) is 2.42. The minimum atomic E-state index is -0.147. The summed E-state index contributed by atoms with van der Waals surface area (Å²) in [5, 5.41) is 3.45. The number of halogens is 1. The van der Waals surface area contributed by atoms with Crippen molar-refractivity contribution in [3.63, 3.8) is 0 Å². The first-order valence-corrected chi connectivity index (χ1v) is 6.21. The van der Waals surface area contributed by atoms with E-state index in [4.69, 9.17) is 16.3 Å². The number of carbonyl (C=O) groups excluding carboxylic acids is 1. The van der Waals surface area contributed by atoms with Gasteiger partial charge in [-0.2, -0.15) is 0 Å². The molecule has 1 N–H and O–H groups in total. The maximum absolute atomic E-state index is 12.0. The van der Waals surface area contributed by atoms with Gasteiger partial charge in [-0.3, -0.25) is 4.79 Å². The molecule has 0 aliphatic rings. The van der Waals surface area contributed by atoms with Crippen molar-refractivity contribution in [2.75, 3.05) is 12.4 Å². The second-order valence-corrected chi connectivity index (χ2v) is 4.53. The Kier molecular flexibility index (Phi) is 4.55. The highest BCUT2D eigenvalue weighted by Gasteiger charge is 2.05. The van der Waals surface area contributed by atoms with Gasteiger partial charge in [0.05, 0.1) is 6.61 Å². The van der Waals surface area contributed by atoms with E-state index in [0.717, 1.165) is 11.3 Å². The molecule has 0 atom stereocenters. The third kappa shape index (κ3) is 3.81. The molecule has 0 radical (unpaired) electrons. The predicted molar refractivity (Wildman–Crippen MR) is 76.6 cm³/mol. The summed E-state index contributed by atoms with van der Waals surface area (Å²) in [6.07, 6.45) is 0. The smallest absolute Gasteiger partial charge is 0.255 e. The summed E-state index contributed by atoms with van der Waals surface area (Å²) in [5.41, 5.74) is 2.36. The molecular weight excluding hydrogens is 262 g/mol. The molecule has 0 heterocycles. The van der Waals surface area contributed by atoms with Gasteiger partial charge in [0.25, 0.3) is 5.91 Å².